The first-order chi connectivity index (χ1) is 18.6. The van der Waals surface area contributed by atoms with Crippen LogP contribution in [0.5, 0.6) is 0 Å². The molecular formula is C37H26S. The van der Waals surface area contributed by atoms with Crippen molar-refractivity contribution in [1.29, 1.82) is 0 Å². The zero-order chi connectivity index (χ0) is 25.4. The second-order valence-electron chi connectivity index (χ2n) is 10.9. The van der Waals surface area contributed by atoms with Gasteiger partial charge in [0.1, 0.15) is 0 Å². The lowest BCUT2D eigenvalue weighted by Gasteiger charge is -2.22. The van der Waals surface area contributed by atoms with E-state index in [4.69, 9.17) is 0 Å². The fraction of sp³-hybridized carbons (Fsp3) is 0.0811. The third-order valence-electron chi connectivity index (χ3n) is 8.51. The summed E-state index contributed by atoms with van der Waals surface area (Å²) < 4.78 is 0. The van der Waals surface area contributed by atoms with Crippen LogP contribution in [0.3, 0.4) is 0 Å². The van der Waals surface area contributed by atoms with E-state index in [0.717, 1.165) is 0 Å². The maximum atomic E-state index is 2.40. The van der Waals surface area contributed by atoms with Crippen molar-refractivity contribution in [1.82, 2.24) is 0 Å². The molecule has 0 saturated carbocycles. The maximum Gasteiger partial charge on any atom is 0.0207 e. The van der Waals surface area contributed by atoms with Crippen molar-refractivity contribution in [2.45, 2.75) is 29.1 Å². The van der Waals surface area contributed by atoms with Crippen LogP contribution in [0.2, 0.25) is 0 Å². The standard InChI is InChI=1S/C37H26S/c1-37(2)32-12-5-3-8-27(32)28-19-18-25(22-33(28)37)23-14-16-24(17-15-23)26-20-21-35-36-30(26)10-7-11-31(36)29-9-4-6-13-34(29)38-35/h3-22H,1-2H3. The molecule has 0 saturated heterocycles. The van der Waals surface area contributed by atoms with Crippen molar-refractivity contribution in [3.05, 3.63) is 132 Å². The third kappa shape index (κ3) is 3.06. The highest BCUT2D eigenvalue weighted by atomic mass is 32.2. The first-order valence-corrected chi connectivity index (χ1v) is 14.1. The lowest BCUT2D eigenvalue weighted by atomic mass is 9.81. The van der Waals surface area contributed by atoms with E-state index in [2.05, 4.69) is 135 Å². The molecule has 1 heterocycles. The van der Waals surface area contributed by atoms with Crippen LogP contribution in [0.4, 0.5) is 0 Å². The van der Waals surface area contributed by atoms with Gasteiger partial charge in [-0.15, -0.1) is 0 Å². The van der Waals surface area contributed by atoms with Gasteiger partial charge in [-0.05, 0) is 79.2 Å². The molecule has 0 bridgehead atoms. The maximum absolute atomic E-state index is 2.40. The summed E-state index contributed by atoms with van der Waals surface area (Å²) in [5.74, 6) is 0. The van der Waals surface area contributed by atoms with Crippen LogP contribution in [0.1, 0.15) is 25.0 Å². The minimum Gasteiger partial charge on any atom is -0.0888 e. The summed E-state index contributed by atoms with van der Waals surface area (Å²) in [6.07, 6.45) is 0. The van der Waals surface area contributed by atoms with Crippen LogP contribution in [0, 0.1) is 0 Å². The number of rotatable bonds is 2. The molecule has 0 N–H and O–H groups in total. The Bertz CT molecular complexity index is 1910. The molecule has 0 radical (unpaired) electrons. The van der Waals surface area contributed by atoms with E-state index in [0.29, 0.717) is 0 Å². The SMILES string of the molecule is CC1(C)c2ccccc2-c2ccc(-c3ccc(-c4ccc5c6c(cccc46)-c4ccccc4S5)cc3)cc21. The summed E-state index contributed by atoms with van der Waals surface area (Å²) in [7, 11) is 0. The number of hydrogen-bond donors (Lipinski definition) is 0. The molecule has 2 aliphatic rings. The molecule has 0 unspecified atom stereocenters. The van der Waals surface area contributed by atoms with Gasteiger partial charge in [-0.2, -0.15) is 0 Å². The summed E-state index contributed by atoms with van der Waals surface area (Å²) in [5, 5.41) is 2.70. The molecule has 6 aromatic rings. The van der Waals surface area contributed by atoms with Gasteiger partial charge in [0.15, 0.2) is 0 Å². The van der Waals surface area contributed by atoms with E-state index in [1.807, 2.05) is 11.8 Å². The van der Waals surface area contributed by atoms with Crippen molar-refractivity contribution in [3.8, 4) is 44.5 Å². The average molecular weight is 503 g/mol. The van der Waals surface area contributed by atoms with Crippen LogP contribution in [-0.2, 0) is 5.41 Å². The van der Waals surface area contributed by atoms with Gasteiger partial charge in [-0.1, -0.05) is 129 Å². The van der Waals surface area contributed by atoms with E-state index in [1.165, 1.54) is 76.2 Å². The highest BCUT2D eigenvalue weighted by Crippen LogP contribution is 2.51. The highest BCUT2D eigenvalue weighted by Gasteiger charge is 2.35. The molecule has 1 heteroatoms. The van der Waals surface area contributed by atoms with Gasteiger partial charge in [-0.25, -0.2) is 0 Å². The van der Waals surface area contributed by atoms with Crippen molar-refractivity contribution in [2.75, 3.05) is 0 Å². The van der Waals surface area contributed by atoms with Gasteiger partial charge in [0.2, 0.25) is 0 Å². The van der Waals surface area contributed by atoms with E-state index >= 15 is 0 Å². The quantitative estimate of drug-likeness (QED) is 0.226. The molecule has 38 heavy (non-hydrogen) atoms. The number of benzene rings is 6. The minimum atomic E-state index is 0.0157. The largest absolute Gasteiger partial charge is 0.0888 e. The molecule has 180 valence electrons. The van der Waals surface area contributed by atoms with Crippen LogP contribution >= 0.6 is 11.8 Å². The molecule has 6 aromatic carbocycles. The second kappa shape index (κ2) is 7.96. The normalized spacial score (nSPS) is 14.2. The smallest absolute Gasteiger partial charge is 0.0207 e. The fourth-order valence-corrected chi connectivity index (χ4v) is 7.69. The monoisotopic (exact) mass is 502 g/mol. The predicted octanol–water partition coefficient (Wildman–Crippen LogP) is 10.6. The molecule has 0 atom stereocenters. The Morgan fingerprint density at radius 2 is 1.11 bits per heavy atom. The van der Waals surface area contributed by atoms with Crippen LogP contribution in [-0.4, -0.2) is 0 Å². The van der Waals surface area contributed by atoms with Gasteiger partial charge in [-0.3, -0.25) is 0 Å². The fourth-order valence-electron chi connectivity index (χ4n) is 6.56. The topological polar surface area (TPSA) is 0 Å². The molecular weight excluding hydrogens is 476 g/mol. The van der Waals surface area contributed by atoms with Crippen molar-refractivity contribution in [3.63, 3.8) is 0 Å². The van der Waals surface area contributed by atoms with Crippen molar-refractivity contribution in [2.24, 2.45) is 0 Å². The lowest BCUT2D eigenvalue weighted by molar-refractivity contribution is 0.660. The van der Waals surface area contributed by atoms with Crippen LogP contribution in [0.15, 0.2) is 131 Å². The number of hydrogen-bond acceptors (Lipinski definition) is 1. The van der Waals surface area contributed by atoms with E-state index in [-0.39, 0.29) is 5.41 Å². The van der Waals surface area contributed by atoms with Crippen molar-refractivity contribution < 1.29 is 0 Å². The van der Waals surface area contributed by atoms with Crippen molar-refractivity contribution >= 4 is 22.5 Å². The van der Waals surface area contributed by atoms with E-state index in [9.17, 15) is 0 Å². The van der Waals surface area contributed by atoms with Gasteiger partial charge in [0, 0.05) is 20.6 Å². The molecule has 1 aliphatic heterocycles. The van der Waals surface area contributed by atoms with Crippen LogP contribution < -0.4 is 0 Å². The first kappa shape index (κ1) is 22.0. The summed E-state index contributed by atoms with van der Waals surface area (Å²) >= 11 is 1.88. The third-order valence-corrected chi connectivity index (χ3v) is 9.65. The molecule has 0 amide bonds. The lowest BCUT2D eigenvalue weighted by Crippen LogP contribution is -2.14. The second-order valence-corrected chi connectivity index (χ2v) is 12.0. The molecule has 0 fully saturated rings. The Hall–Kier alpha value is -4.07. The van der Waals surface area contributed by atoms with Gasteiger partial charge < -0.3 is 0 Å². The summed E-state index contributed by atoms with van der Waals surface area (Å²) in [6, 6.07) is 45.1. The van der Waals surface area contributed by atoms with Gasteiger partial charge >= 0.3 is 0 Å². The molecule has 0 aromatic heterocycles. The molecule has 1 aliphatic carbocycles. The number of fused-ring (bicyclic) bond motifs is 5. The van der Waals surface area contributed by atoms with Gasteiger partial charge in [0.05, 0.1) is 0 Å². The highest BCUT2D eigenvalue weighted by molar-refractivity contribution is 7.99. The Balaban J connectivity index is 1.20. The summed E-state index contributed by atoms with van der Waals surface area (Å²) in [6.45, 7) is 4.69. The van der Waals surface area contributed by atoms with E-state index in [1.54, 1.807) is 0 Å². The van der Waals surface area contributed by atoms with E-state index < -0.39 is 0 Å². The van der Waals surface area contributed by atoms with Gasteiger partial charge in [0.25, 0.3) is 0 Å². The zero-order valence-electron chi connectivity index (χ0n) is 21.5. The minimum absolute atomic E-state index is 0.0157. The summed E-state index contributed by atoms with van der Waals surface area (Å²) in [5.41, 5.74) is 13.4. The van der Waals surface area contributed by atoms with Crippen LogP contribution in [0.25, 0.3) is 55.3 Å². The zero-order valence-corrected chi connectivity index (χ0v) is 22.3. The molecule has 8 rings (SSSR count). The molecule has 0 nitrogen and oxygen atoms in total. The first-order valence-electron chi connectivity index (χ1n) is 13.3. The average Bonchev–Trinajstić information content (AvgIpc) is 3.20. The Morgan fingerprint density at radius 3 is 1.97 bits per heavy atom. The Kier molecular flexibility index (Phi) is 4.60. The summed E-state index contributed by atoms with van der Waals surface area (Å²) in [4.78, 5) is 2.68. The molecule has 0 spiro atoms. The predicted molar refractivity (Wildman–Crippen MR) is 162 cm³/mol. The Labute approximate surface area is 228 Å². The Morgan fingerprint density at radius 1 is 0.447 bits per heavy atom.